The molecule has 1 aliphatic carbocycles. The lowest BCUT2D eigenvalue weighted by atomic mass is 10.2. The monoisotopic (exact) mass is 447 g/mol. The zero-order valence-corrected chi connectivity index (χ0v) is 17.3. The Hall–Kier alpha value is -3.02. The Morgan fingerprint density at radius 1 is 1.16 bits per heavy atom. The van der Waals surface area contributed by atoms with Crippen molar-refractivity contribution in [1.82, 2.24) is 4.31 Å². The predicted molar refractivity (Wildman–Crippen MR) is 110 cm³/mol. The SMILES string of the molecule is O=C(Nc1cc(S(=O)(=O)N2CCOCC2)ccc1Oc1ccccc1)[C@H]1C[C@H]1[N+](=O)[O-]. The van der Waals surface area contributed by atoms with Gasteiger partial charge < -0.3 is 14.8 Å². The number of benzene rings is 2. The van der Waals surface area contributed by atoms with Crippen LogP contribution in [0.15, 0.2) is 53.4 Å². The Balaban J connectivity index is 1.63. The maximum Gasteiger partial charge on any atom is 0.243 e. The van der Waals surface area contributed by atoms with E-state index in [0.29, 0.717) is 19.0 Å². The molecule has 11 heteroatoms. The average Bonchev–Trinajstić information content (AvgIpc) is 3.58. The molecule has 0 unspecified atom stereocenters. The fourth-order valence-electron chi connectivity index (χ4n) is 3.33. The summed E-state index contributed by atoms with van der Waals surface area (Å²) in [4.78, 5) is 22.9. The Morgan fingerprint density at radius 2 is 1.87 bits per heavy atom. The van der Waals surface area contributed by atoms with Crippen molar-refractivity contribution in [2.75, 3.05) is 31.6 Å². The molecule has 0 spiro atoms. The number of morpholine rings is 1. The van der Waals surface area contributed by atoms with Crippen molar-refractivity contribution in [3.05, 3.63) is 58.6 Å². The van der Waals surface area contributed by atoms with Gasteiger partial charge in [0.2, 0.25) is 22.0 Å². The van der Waals surface area contributed by atoms with E-state index in [1.54, 1.807) is 24.3 Å². The maximum atomic E-state index is 13.0. The molecule has 1 saturated carbocycles. The molecule has 2 fully saturated rings. The van der Waals surface area contributed by atoms with E-state index in [9.17, 15) is 23.3 Å². The van der Waals surface area contributed by atoms with Gasteiger partial charge in [-0.2, -0.15) is 4.31 Å². The molecule has 0 radical (unpaired) electrons. The molecule has 2 atom stereocenters. The number of anilines is 1. The lowest BCUT2D eigenvalue weighted by Crippen LogP contribution is -2.40. The summed E-state index contributed by atoms with van der Waals surface area (Å²) in [7, 11) is -3.80. The summed E-state index contributed by atoms with van der Waals surface area (Å²) in [5.74, 6) is -0.560. The number of rotatable bonds is 7. The van der Waals surface area contributed by atoms with Gasteiger partial charge in [0, 0.05) is 24.4 Å². The van der Waals surface area contributed by atoms with Gasteiger partial charge in [-0.3, -0.25) is 14.9 Å². The smallest absolute Gasteiger partial charge is 0.243 e. The normalized spacial score (nSPS) is 21.3. The maximum absolute atomic E-state index is 13.0. The number of hydrogen-bond acceptors (Lipinski definition) is 7. The molecule has 1 aliphatic heterocycles. The van der Waals surface area contributed by atoms with Gasteiger partial charge in [0.1, 0.15) is 11.7 Å². The van der Waals surface area contributed by atoms with Gasteiger partial charge in [-0.1, -0.05) is 18.2 Å². The molecule has 1 heterocycles. The van der Waals surface area contributed by atoms with E-state index >= 15 is 0 Å². The molecule has 0 aromatic heterocycles. The highest BCUT2D eigenvalue weighted by molar-refractivity contribution is 7.89. The Labute approximate surface area is 179 Å². The fraction of sp³-hybridized carbons (Fsp3) is 0.350. The van der Waals surface area contributed by atoms with E-state index in [4.69, 9.17) is 9.47 Å². The van der Waals surface area contributed by atoms with Crippen LogP contribution in [0.3, 0.4) is 0 Å². The molecule has 1 N–H and O–H groups in total. The first-order valence-corrected chi connectivity index (χ1v) is 11.2. The number of sulfonamides is 1. The van der Waals surface area contributed by atoms with Crippen molar-refractivity contribution in [2.24, 2.45) is 5.92 Å². The van der Waals surface area contributed by atoms with Gasteiger partial charge in [0.15, 0.2) is 5.75 Å². The number of amides is 1. The van der Waals surface area contributed by atoms with Crippen molar-refractivity contribution in [3.63, 3.8) is 0 Å². The number of hydrogen-bond donors (Lipinski definition) is 1. The summed E-state index contributed by atoms with van der Waals surface area (Å²) in [5.41, 5.74) is 0.136. The highest BCUT2D eigenvalue weighted by atomic mass is 32.2. The topological polar surface area (TPSA) is 128 Å². The summed E-state index contributed by atoms with van der Waals surface area (Å²) in [5, 5.41) is 13.5. The van der Waals surface area contributed by atoms with Crippen LogP contribution in [-0.2, 0) is 19.6 Å². The van der Waals surface area contributed by atoms with Crippen molar-refractivity contribution < 1.29 is 27.6 Å². The molecule has 10 nitrogen and oxygen atoms in total. The third-order valence-electron chi connectivity index (χ3n) is 5.15. The number of carbonyl (C=O) groups is 1. The van der Waals surface area contributed by atoms with Crippen molar-refractivity contribution in [3.8, 4) is 11.5 Å². The molecule has 31 heavy (non-hydrogen) atoms. The molecular weight excluding hydrogens is 426 g/mol. The number of nitrogens with one attached hydrogen (secondary N) is 1. The van der Waals surface area contributed by atoms with Crippen LogP contribution in [0.1, 0.15) is 6.42 Å². The second kappa shape index (κ2) is 8.61. The first-order chi connectivity index (χ1) is 14.9. The molecule has 4 rings (SSSR count). The quantitative estimate of drug-likeness (QED) is 0.508. The number of carbonyl (C=O) groups excluding carboxylic acids is 1. The molecule has 0 bridgehead atoms. The van der Waals surface area contributed by atoms with Crippen LogP contribution in [0.25, 0.3) is 0 Å². The van der Waals surface area contributed by atoms with Gasteiger partial charge >= 0.3 is 0 Å². The van der Waals surface area contributed by atoms with Gasteiger partial charge in [0.05, 0.1) is 23.8 Å². The van der Waals surface area contributed by atoms with Crippen LogP contribution in [0.2, 0.25) is 0 Å². The van der Waals surface area contributed by atoms with Gasteiger partial charge in [0.25, 0.3) is 0 Å². The van der Waals surface area contributed by atoms with E-state index in [2.05, 4.69) is 5.32 Å². The average molecular weight is 447 g/mol. The Bertz CT molecular complexity index is 1090. The third-order valence-corrected chi connectivity index (χ3v) is 7.05. The van der Waals surface area contributed by atoms with Crippen LogP contribution < -0.4 is 10.1 Å². The molecule has 2 aromatic carbocycles. The van der Waals surface area contributed by atoms with E-state index in [1.807, 2.05) is 6.07 Å². The van der Waals surface area contributed by atoms with E-state index in [1.165, 1.54) is 22.5 Å². The van der Waals surface area contributed by atoms with Crippen molar-refractivity contribution >= 4 is 21.6 Å². The minimum absolute atomic E-state index is 0.00765. The lowest BCUT2D eigenvalue weighted by Gasteiger charge is -2.26. The summed E-state index contributed by atoms with van der Waals surface area (Å²) in [6, 6.07) is 12.1. The fourth-order valence-corrected chi connectivity index (χ4v) is 4.76. The van der Waals surface area contributed by atoms with E-state index in [-0.39, 0.29) is 35.8 Å². The molecule has 164 valence electrons. The van der Waals surface area contributed by atoms with Crippen LogP contribution in [0.5, 0.6) is 11.5 Å². The minimum Gasteiger partial charge on any atom is -0.455 e. The summed E-state index contributed by atoms with van der Waals surface area (Å²) >= 11 is 0. The number of para-hydroxylation sites is 1. The summed E-state index contributed by atoms with van der Waals surface area (Å²) in [6.45, 7) is 1.09. The van der Waals surface area contributed by atoms with Crippen LogP contribution >= 0.6 is 0 Å². The van der Waals surface area contributed by atoms with Gasteiger partial charge in [-0.05, 0) is 30.3 Å². The van der Waals surface area contributed by atoms with E-state index < -0.39 is 32.8 Å². The number of nitro groups is 1. The summed E-state index contributed by atoms with van der Waals surface area (Å²) < 4.78 is 38.4. The zero-order valence-electron chi connectivity index (χ0n) is 16.5. The highest BCUT2D eigenvalue weighted by Crippen LogP contribution is 2.37. The minimum atomic E-state index is -3.80. The van der Waals surface area contributed by atoms with Crippen molar-refractivity contribution in [1.29, 1.82) is 0 Å². The summed E-state index contributed by atoms with van der Waals surface area (Å²) in [6.07, 6.45) is 0.152. The third kappa shape index (κ3) is 4.68. The molecule has 1 saturated heterocycles. The van der Waals surface area contributed by atoms with Gasteiger partial charge in [-0.25, -0.2) is 8.42 Å². The number of ether oxygens (including phenoxy) is 2. The molecular formula is C20H21N3O7S. The standard InChI is InChI=1S/C20H21N3O7S/c24-20(16-13-18(16)23(25)26)21-17-12-15(31(27,28)22-8-10-29-11-9-22)6-7-19(17)30-14-4-2-1-3-5-14/h1-7,12,16,18H,8-11,13H2,(H,21,24)/t16-,18+/m0/s1. The Morgan fingerprint density at radius 3 is 2.52 bits per heavy atom. The second-order valence-corrected chi connectivity index (χ2v) is 9.21. The molecule has 2 aliphatic rings. The first kappa shape index (κ1) is 21.2. The lowest BCUT2D eigenvalue weighted by molar-refractivity contribution is -0.497. The largest absolute Gasteiger partial charge is 0.455 e. The highest BCUT2D eigenvalue weighted by Gasteiger charge is 2.53. The molecule has 2 aromatic rings. The van der Waals surface area contributed by atoms with Crippen LogP contribution in [0.4, 0.5) is 5.69 Å². The zero-order chi connectivity index (χ0) is 22.0. The van der Waals surface area contributed by atoms with Crippen LogP contribution in [-0.4, -0.2) is 55.9 Å². The van der Waals surface area contributed by atoms with Crippen molar-refractivity contribution in [2.45, 2.75) is 17.4 Å². The second-order valence-electron chi connectivity index (χ2n) is 7.27. The Kier molecular flexibility index (Phi) is 5.90. The number of nitrogens with zero attached hydrogens (tertiary/aromatic N) is 2. The van der Waals surface area contributed by atoms with Crippen LogP contribution in [0, 0.1) is 16.0 Å². The van der Waals surface area contributed by atoms with Gasteiger partial charge in [-0.15, -0.1) is 0 Å². The predicted octanol–water partition coefficient (Wildman–Crippen LogP) is 2.10. The molecule has 1 amide bonds. The van der Waals surface area contributed by atoms with E-state index in [0.717, 1.165) is 0 Å². The first-order valence-electron chi connectivity index (χ1n) is 9.75.